The van der Waals surface area contributed by atoms with E-state index >= 15 is 0 Å². The zero-order valence-corrected chi connectivity index (χ0v) is 12.3. The van der Waals surface area contributed by atoms with Crippen molar-refractivity contribution in [3.8, 4) is 6.07 Å². The van der Waals surface area contributed by atoms with Crippen molar-refractivity contribution in [3.63, 3.8) is 0 Å². The fourth-order valence-corrected chi connectivity index (χ4v) is 2.97. The highest BCUT2D eigenvalue weighted by molar-refractivity contribution is 5.60. The summed E-state index contributed by atoms with van der Waals surface area (Å²) in [6, 6.07) is 17.2. The number of halogens is 1. The number of hydrogen-bond acceptors (Lipinski definition) is 3. The Labute approximate surface area is 130 Å². The van der Waals surface area contributed by atoms with E-state index in [0.717, 1.165) is 31.6 Å². The number of nitrogens with zero attached hydrogens (tertiary/aromatic N) is 2. The van der Waals surface area contributed by atoms with E-state index in [9.17, 15) is 9.65 Å². The molecule has 1 fully saturated rings. The highest BCUT2D eigenvalue weighted by Gasteiger charge is 2.22. The van der Waals surface area contributed by atoms with E-state index in [1.165, 1.54) is 6.07 Å². The standard InChI is InChI=1S/C18H18FN3/c19-17-9-4-10-18(16(17)12-20)22-11-5-8-15(13-22)21-14-6-2-1-3-7-14/h1-4,6-7,9-10,15,21H,5,8,11,13H2. The third-order valence-electron chi connectivity index (χ3n) is 4.01. The SMILES string of the molecule is N#Cc1c(F)cccc1N1CCCC(Nc2ccccc2)C1. The Balaban J connectivity index is 1.76. The van der Waals surface area contributed by atoms with Crippen molar-refractivity contribution in [2.24, 2.45) is 0 Å². The number of nitrogens with one attached hydrogen (secondary N) is 1. The third-order valence-corrected chi connectivity index (χ3v) is 4.01. The number of para-hydroxylation sites is 1. The van der Waals surface area contributed by atoms with Crippen LogP contribution in [0, 0.1) is 17.1 Å². The molecule has 0 aliphatic carbocycles. The van der Waals surface area contributed by atoms with Gasteiger partial charge in [0, 0.05) is 24.8 Å². The number of rotatable bonds is 3. The molecule has 0 radical (unpaired) electrons. The van der Waals surface area contributed by atoms with Gasteiger partial charge in [-0.25, -0.2) is 4.39 Å². The van der Waals surface area contributed by atoms with Gasteiger partial charge in [0.25, 0.3) is 0 Å². The van der Waals surface area contributed by atoms with Gasteiger partial charge in [-0.1, -0.05) is 24.3 Å². The van der Waals surface area contributed by atoms with Crippen LogP contribution >= 0.6 is 0 Å². The summed E-state index contributed by atoms with van der Waals surface area (Å²) in [5.74, 6) is -0.446. The summed E-state index contributed by atoms with van der Waals surface area (Å²) in [7, 11) is 0. The summed E-state index contributed by atoms with van der Waals surface area (Å²) in [5.41, 5.74) is 1.93. The van der Waals surface area contributed by atoms with Crippen LogP contribution in [0.2, 0.25) is 0 Å². The molecule has 1 heterocycles. The average Bonchev–Trinajstić information content (AvgIpc) is 2.56. The average molecular weight is 295 g/mol. The Morgan fingerprint density at radius 1 is 1.14 bits per heavy atom. The Bertz CT molecular complexity index is 678. The molecular weight excluding hydrogens is 277 g/mol. The maximum Gasteiger partial charge on any atom is 0.143 e. The molecule has 0 saturated carbocycles. The lowest BCUT2D eigenvalue weighted by molar-refractivity contribution is 0.528. The molecule has 112 valence electrons. The predicted octanol–water partition coefficient (Wildman–Crippen LogP) is 3.78. The fraction of sp³-hybridized carbons (Fsp3) is 0.278. The minimum Gasteiger partial charge on any atom is -0.381 e. The highest BCUT2D eigenvalue weighted by atomic mass is 19.1. The molecule has 1 aliphatic rings. The second-order valence-electron chi connectivity index (χ2n) is 5.54. The minimum atomic E-state index is -0.446. The van der Waals surface area contributed by atoms with Crippen LogP contribution < -0.4 is 10.2 Å². The van der Waals surface area contributed by atoms with Crippen molar-refractivity contribution in [3.05, 3.63) is 59.9 Å². The maximum atomic E-state index is 13.8. The van der Waals surface area contributed by atoms with E-state index in [0.29, 0.717) is 11.7 Å². The summed E-state index contributed by atoms with van der Waals surface area (Å²) < 4.78 is 13.8. The van der Waals surface area contributed by atoms with Crippen LogP contribution in [-0.2, 0) is 0 Å². The zero-order chi connectivity index (χ0) is 15.4. The summed E-state index contributed by atoms with van der Waals surface area (Å²) in [5, 5.41) is 12.7. The number of benzene rings is 2. The van der Waals surface area contributed by atoms with E-state index < -0.39 is 5.82 Å². The largest absolute Gasteiger partial charge is 0.381 e. The normalized spacial score (nSPS) is 17.8. The lowest BCUT2D eigenvalue weighted by Crippen LogP contribution is -2.42. The molecule has 0 amide bonds. The van der Waals surface area contributed by atoms with E-state index in [-0.39, 0.29) is 5.56 Å². The molecule has 1 aliphatic heterocycles. The number of piperidine rings is 1. The topological polar surface area (TPSA) is 39.1 Å². The first-order valence-electron chi connectivity index (χ1n) is 7.53. The monoisotopic (exact) mass is 295 g/mol. The van der Waals surface area contributed by atoms with Gasteiger partial charge in [-0.15, -0.1) is 0 Å². The van der Waals surface area contributed by atoms with Gasteiger partial charge in [0.1, 0.15) is 17.4 Å². The predicted molar refractivity (Wildman–Crippen MR) is 86.4 cm³/mol. The minimum absolute atomic E-state index is 0.142. The van der Waals surface area contributed by atoms with Crippen LogP contribution in [0.15, 0.2) is 48.5 Å². The second-order valence-corrected chi connectivity index (χ2v) is 5.54. The maximum absolute atomic E-state index is 13.8. The Kier molecular flexibility index (Phi) is 4.24. The van der Waals surface area contributed by atoms with Gasteiger partial charge in [0.15, 0.2) is 0 Å². The first-order valence-corrected chi connectivity index (χ1v) is 7.53. The molecule has 0 spiro atoms. The summed E-state index contributed by atoms with van der Waals surface area (Å²) in [6.07, 6.45) is 2.09. The van der Waals surface area contributed by atoms with Gasteiger partial charge in [-0.3, -0.25) is 0 Å². The van der Waals surface area contributed by atoms with Crippen molar-refractivity contribution in [1.82, 2.24) is 0 Å². The molecule has 0 aromatic heterocycles. The lowest BCUT2D eigenvalue weighted by Gasteiger charge is -2.35. The van der Waals surface area contributed by atoms with Crippen molar-refractivity contribution >= 4 is 11.4 Å². The van der Waals surface area contributed by atoms with Gasteiger partial charge in [-0.05, 0) is 37.1 Å². The van der Waals surface area contributed by atoms with Crippen molar-refractivity contribution < 1.29 is 4.39 Å². The molecular formula is C18H18FN3. The molecule has 2 aromatic carbocycles. The first-order chi connectivity index (χ1) is 10.8. The van der Waals surface area contributed by atoms with E-state index in [2.05, 4.69) is 10.2 Å². The van der Waals surface area contributed by atoms with Gasteiger partial charge in [-0.2, -0.15) is 5.26 Å². The van der Waals surface area contributed by atoms with Crippen LogP contribution in [0.1, 0.15) is 18.4 Å². The number of anilines is 2. The molecule has 3 nitrogen and oxygen atoms in total. The molecule has 22 heavy (non-hydrogen) atoms. The zero-order valence-electron chi connectivity index (χ0n) is 12.3. The van der Waals surface area contributed by atoms with Crippen LogP contribution in [0.5, 0.6) is 0 Å². The van der Waals surface area contributed by atoms with Gasteiger partial charge in [0.2, 0.25) is 0 Å². The Hall–Kier alpha value is -2.54. The van der Waals surface area contributed by atoms with Crippen molar-refractivity contribution in [2.45, 2.75) is 18.9 Å². The van der Waals surface area contributed by atoms with E-state index in [4.69, 9.17) is 0 Å². The molecule has 1 unspecified atom stereocenters. The summed E-state index contributed by atoms with van der Waals surface area (Å²) >= 11 is 0. The molecule has 1 saturated heterocycles. The van der Waals surface area contributed by atoms with E-state index in [1.807, 2.05) is 42.5 Å². The second kappa shape index (κ2) is 6.48. The van der Waals surface area contributed by atoms with Gasteiger partial charge < -0.3 is 10.2 Å². The van der Waals surface area contributed by atoms with Crippen LogP contribution in [-0.4, -0.2) is 19.1 Å². The van der Waals surface area contributed by atoms with E-state index in [1.54, 1.807) is 6.07 Å². The van der Waals surface area contributed by atoms with Crippen molar-refractivity contribution in [1.29, 1.82) is 5.26 Å². The quantitative estimate of drug-likeness (QED) is 0.936. The fourth-order valence-electron chi connectivity index (χ4n) is 2.97. The van der Waals surface area contributed by atoms with Crippen molar-refractivity contribution in [2.75, 3.05) is 23.3 Å². The Morgan fingerprint density at radius 2 is 1.95 bits per heavy atom. The molecule has 3 rings (SSSR count). The van der Waals surface area contributed by atoms with Crippen LogP contribution in [0.3, 0.4) is 0 Å². The molecule has 1 atom stereocenters. The molecule has 4 heteroatoms. The van der Waals surface area contributed by atoms with Crippen LogP contribution in [0.25, 0.3) is 0 Å². The molecule has 2 aromatic rings. The van der Waals surface area contributed by atoms with Gasteiger partial charge in [0.05, 0.1) is 5.69 Å². The Morgan fingerprint density at radius 3 is 2.73 bits per heavy atom. The highest BCUT2D eigenvalue weighted by Crippen LogP contribution is 2.26. The summed E-state index contributed by atoms with van der Waals surface area (Å²) in [4.78, 5) is 2.10. The van der Waals surface area contributed by atoms with Gasteiger partial charge >= 0.3 is 0 Å². The first kappa shape index (κ1) is 14.4. The molecule has 1 N–H and O–H groups in total. The number of nitriles is 1. The molecule has 0 bridgehead atoms. The van der Waals surface area contributed by atoms with Crippen LogP contribution in [0.4, 0.5) is 15.8 Å². The lowest BCUT2D eigenvalue weighted by atomic mass is 10.0. The number of hydrogen-bond donors (Lipinski definition) is 1. The summed E-state index contributed by atoms with van der Waals surface area (Å²) in [6.45, 7) is 1.62. The third kappa shape index (κ3) is 3.04. The smallest absolute Gasteiger partial charge is 0.143 e.